The Morgan fingerprint density at radius 2 is 2.13 bits per heavy atom. The maximum atomic E-state index is 5.39. The summed E-state index contributed by atoms with van der Waals surface area (Å²) >= 11 is 0. The Morgan fingerprint density at radius 1 is 1.22 bits per heavy atom. The monoisotopic (exact) mass is 310 g/mol. The number of H-pyrrole nitrogens is 1. The van der Waals surface area contributed by atoms with E-state index in [-0.39, 0.29) is 6.04 Å². The topological polar surface area (TPSA) is 87.8 Å². The zero-order valence-corrected chi connectivity index (χ0v) is 12.6. The lowest BCUT2D eigenvalue weighted by Crippen LogP contribution is -2.20. The number of nitrogens with zero attached hydrogens (tertiary/aromatic N) is 3. The summed E-state index contributed by atoms with van der Waals surface area (Å²) in [5.74, 6) is 1.46. The molecule has 118 valence electrons. The lowest BCUT2D eigenvalue weighted by Gasteiger charge is -2.10. The molecule has 3 heterocycles. The molecular weight excluding hydrogens is 292 g/mol. The second-order valence-corrected chi connectivity index (χ2v) is 5.55. The summed E-state index contributed by atoms with van der Waals surface area (Å²) < 4.78 is 5.39. The minimum absolute atomic E-state index is 0.289. The van der Waals surface area contributed by atoms with Crippen LogP contribution in [-0.2, 0) is 11.3 Å². The molecule has 3 N–H and O–H groups in total. The van der Waals surface area contributed by atoms with Crippen molar-refractivity contribution < 1.29 is 4.74 Å². The van der Waals surface area contributed by atoms with E-state index in [4.69, 9.17) is 4.74 Å². The number of ether oxygens (including phenoxy) is 1. The van der Waals surface area contributed by atoms with E-state index in [0.717, 1.165) is 24.4 Å². The number of aromatic amines is 1. The van der Waals surface area contributed by atoms with Crippen LogP contribution in [0.25, 0.3) is 11.2 Å². The Morgan fingerprint density at radius 3 is 2.96 bits per heavy atom. The molecule has 1 fully saturated rings. The fraction of sp³-hybridized carbons (Fsp3) is 0.312. The highest BCUT2D eigenvalue weighted by molar-refractivity contribution is 5.84. The summed E-state index contributed by atoms with van der Waals surface area (Å²) in [5, 5.41) is 6.68. The molecule has 0 radical (unpaired) electrons. The highest BCUT2D eigenvalue weighted by Crippen LogP contribution is 2.21. The third-order valence-electron chi connectivity index (χ3n) is 3.86. The van der Waals surface area contributed by atoms with Crippen molar-refractivity contribution >= 4 is 22.9 Å². The molecule has 0 spiro atoms. The molecule has 1 saturated heterocycles. The van der Waals surface area contributed by atoms with Crippen molar-refractivity contribution in [1.82, 2.24) is 19.9 Å². The van der Waals surface area contributed by atoms with Gasteiger partial charge in [0.05, 0.1) is 12.6 Å². The Bertz CT molecular complexity index is 782. The Balaban J connectivity index is 1.52. The predicted molar refractivity (Wildman–Crippen MR) is 88.3 cm³/mol. The number of benzene rings is 1. The van der Waals surface area contributed by atoms with Gasteiger partial charge in [0, 0.05) is 13.2 Å². The van der Waals surface area contributed by atoms with E-state index in [1.54, 1.807) is 0 Å². The van der Waals surface area contributed by atoms with Gasteiger partial charge in [0.1, 0.15) is 11.8 Å². The highest BCUT2D eigenvalue weighted by Gasteiger charge is 2.18. The summed E-state index contributed by atoms with van der Waals surface area (Å²) in [4.78, 5) is 16.3. The van der Waals surface area contributed by atoms with Gasteiger partial charge >= 0.3 is 0 Å². The van der Waals surface area contributed by atoms with Crippen molar-refractivity contribution in [3.8, 4) is 0 Å². The molecular formula is C16H18N6O. The van der Waals surface area contributed by atoms with Crippen LogP contribution in [0.5, 0.6) is 0 Å². The molecule has 7 nitrogen and oxygen atoms in total. The fourth-order valence-corrected chi connectivity index (χ4v) is 2.64. The predicted octanol–water partition coefficient (Wildman–Crippen LogP) is 2.17. The highest BCUT2D eigenvalue weighted by atomic mass is 16.5. The maximum Gasteiger partial charge on any atom is 0.203 e. The molecule has 0 saturated carbocycles. The lowest BCUT2D eigenvalue weighted by atomic mass is 10.2. The van der Waals surface area contributed by atoms with Crippen LogP contribution in [0.2, 0.25) is 0 Å². The molecule has 3 aromatic rings. The first-order valence-corrected chi connectivity index (χ1v) is 7.71. The number of imidazole rings is 1. The molecule has 1 aliphatic rings. The second-order valence-electron chi connectivity index (χ2n) is 5.55. The number of aromatic nitrogens is 4. The van der Waals surface area contributed by atoms with E-state index in [2.05, 4.69) is 42.7 Å². The van der Waals surface area contributed by atoms with Crippen LogP contribution in [0.15, 0.2) is 36.7 Å². The van der Waals surface area contributed by atoms with Crippen LogP contribution in [-0.4, -0.2) is 39.2 Å². The zero-order chi connectivity index (χ0) is 15.5. The zero-order valence-electron chi connectivity index (χ0n) is 12.6. The molecule has 7 heteroatoms. The van der Waals surface area contributed by atoms with Gasteiger partial charge in [-0.25, -0.2) is 9.97 Å². The molecule has 1 aromatic carbocycles. The molecule has 2 aromatic heterocycles. The van der Waals surface area contributed by atoms with Crippen LogP contribution in [0.1, 0.15) is 12.0 Å². The van der Waals surface area contributed by atoms with Gasteiger partial charge in [0.2, 0.25) is 5.95 Å². The van der Waals surface area contributed by atoms with E-state index in [1.807, 2.05) is 18.2 Å². The Hall–Kier alpha value is -2.67. The Kier molecular flexibility index (Phi) is 3.77. The number of rotatable bonds is 5. The number of hydrogen-bond acceptors (Lipinski definition) is 6. The first-order valence-electron chi connectivity index (χ1n) is 7.71. The third-order valence-corrected chi connectivity index (χ3v) is 3.86. The van der Waals surface area contributed by atoms with Crippen LogP contribution in [0.4, 0.5) is 11.8 Å². The first kappa shape index (κ1) is 14.0. The molecule has 0 bridgehead atoms. The van der Waals surface area contributed by atoms with E-state index in [9.17, 15) is 0 Å². The van der Waals surface area contributed by atoms with Gasteiger partial charge in [0.15, 0.2) is 11.5 Å². The van der Waals surface area contributed by atoms with Crippen molar-refractivity contribution in [1.29, 1.82) is 0 Å². The normalized spacial score (nSPS) is 17.5. The van der Waals surface area contributed by atoms with Crippen molar-refractivity contribution in [2.75, 3.05) is 23.8 Å². The van der Waals surface area contributed by atoms with Crippen molar-refractivity contribution in [3.63, 3.8) is 0 Å². The summed E-state index contributed by atoms with van der Waals surface area (Å²) in [6, 6.07) is 10.5. The summed E-state index contributed by atoms with van der Waals surface area (Å²) in [7, 11) is 0. The average Bonchev–Trinajstić information content (AvgIpc) is 3.23. The van der Waals surface area contributed by atoms with E-state index < -0.39 is 0 Å². The lowest BCUT2D eigenvalue weighted by molar-refractivity contribution is 0.195. The van der Waals surface area contributed by atoms with E-state index >= 15 is 0 Å². The minimum Gasteiger partial charge on any atom is -0.379 e. The molecule has 0 aliphatic carbocycles. The summed E-state index contributed by atoms with van der Waals surface area (Å²) in [6.45, 7) is 2.20. The Labute approximate surface area is 133 Å². The minimum atomic E-state index is 0.289. The quantitative estimate of drug-likeness (QED) is 0.669. The fourth-order valence-electron chi connectivity index (χ4n) is 2.64. The number of anilines is 2. The molecule has 1 aliphatic heterocycles. The molecule has 23 heavy (non-hydrogen) atoms. The van der Waals surface area contributed by atoms with E-state index in [1.165, 1.54) is 11.9 Å². The van der Waals surface area contributed by atoms with Crippen molar-refractivity contribution in [3.05, 3.63) is 42.2 Å². The SMILES string of the molecule is c1ccc(CNc2nc3ncnc(N[C@@H]4CCOC4)c3[nH]2)cc1. The van der Waals surface area contributed by atoms with Crippen LogP contribution < -0.4 is 10.6 Å². The van der Waals surface area contributed by atoms with Gasteiger partial charge in [0.25, 0.3) is 0 Å². The second kappa shape index (κ2) is 6.21. The molecule has 4 rings (SSSR count). The molecule has 0 unspecified atom stereocenters. The van der Waals surface area contributed by atoms with Gasteiger partial charge in [-0.2, -0.15) is 4.98 Å². The van der Waals surface area contributed by atoms with Gasteiger partial charge in [-0.3, -0.25) is 0 Å². The first-order chi connectivity index (χ1) is 11.4. The molecule has 0 amide bonds. The van der Waals surface area contributed by atoms with Crippen LogP contribution in [0, 0.1) is 0 Å². The van der Waals surface area contributed by atoms with Gasteiger partial charge < -0.3 is 20.4 Å². The van der Waals surface area contributed by atoms with Gasteiger partial charge in [-0.1, -0.05) is 30.3 Å². The smallest absolute Gasteiger partial charge is 0.203 e. The maximum absolute atomic E-state index is 5.39. The van der Waals surface area contributed by atoms with Crippen LogP contribution >= 0.6 is 0 Å². The summed E-state index contributed by atoms with van der Waals surface area (Å²) in [5.41, 5.74) is 2.66. The van der Waals surface area contributed by atoms with Crippen molar-refractivity contribution in [2.45, 2.75) is 19.0 Å². The van der Waals surface area contributed by atoms with Gasteiger partial charge in [-0.05, 0) is 12.0 Å². The molecule has 1 atom stereocenters. The van der Waals surface area contributed by atoms with E-state index in [0.29, 0.717) is 24.7 Å². The number of hydrogen-bond donors (Lipinski definition) is 3. The average molecular weight is 310 g/mol. The largest absolute Gasteiger partial charge is 0.379 e. The van der Waals surface area contributed by atoms with Gasteiger partial charge in [-0.15, -0.1) is 0 Å². The van der Waals surface area contributed by atoms with Crippen molar-refractivity contribution in [2.24, 2.45) is 0 Å². The third kappa shape index (κ3) is 3.09. The standard InChI is InChI=1S/C16H18N6O/c1-2-4-11(5-3-1)8-17-16-21-13-14(18-10-19-15(13)22-16)20-12-6-7-23-9-12/h1-5,10,12H,6-9H2,(H3,17,18,19,20,21,22)/t12-/m1/s1. The summed E-state index contributed by atoms with van der Waals surface area (Å²) in [6.07, 6.45) is 2.51. The number of fused-ring (bicyclic) bond motifs is 1. The number of nitrogens with one attached hydrogen (secondary N) is 3. The van der Waals surface area contributed by atoms with Crippen LogP contribution in [0.3, 0.4) is 0 Å².